The summed E-state index contributed by atoms with van der Waals surface area (Å²) in [7, 11) is 1.29. The first-order chi connectivity index (χ1) is 21.0. The smallest absolute Gasteiger partial charge is 0.337 e. The van der Waals surface area contributed by atoms with Gasteiger partial charge >= 0.3 is 5.97 Å². The van der Waals surface area contributed by atoms with Crippen molar-refractivity contribution in [1.82, 2.24) is 4.57 Å². The predicted molar refractivity (Wildman–Crippen MR) is 162 cm³/mol. The van der Waals surface area contributed by atoms with Crippen LogP contribution in [0.15, 0.2) is 88.3 Å². The molecule has 0 aliphatic carbocycles. The summed E-state index contributed by atoms with van der Waals surface area (Å²) in [6, 6.07) is 21.3. The van der Waals surface area contributed by atoms with Gasteiger partial charge in [0.2, 0.25) is 0 Å². The van der Waals surface area contributed by atoms with E-state index in [1.807, 2.05) is 50.2 Å². The number of nitrogens with zero attached hydrogens (tertiary/aromatic N) is 3. The van der Waals surface area contributed by atoms with Crippen LogP contribution in [0.3, 0.4) is 0 Å². The molecule has 5 rings (SSSR count). The summed E-state index contributed by atoms with van der Waals surface area (Å²) in [5.41, 5.74) is 2.53. The standard InChI is InChI=1S/C33H29N3O6S/c1-4-40-27-15-14-22(16-28(27)41-5-2)30-25(32(38)39-3)19-35-33-36(30)31(37)29(43-33)17-21-10-8-9-13-26(21)42-20-24-12-7-6-11-23(24)18-34/h6-17,19,30H,4-5,20H2,1-3H3/b29-17+/t30-/m0/s1. The lowest BCUT2D eigenvalue weighted by atomic mass is 9.97. The molecule has 9 nitrogen and oxygen atoms in total. The van der Waals surface area contributed by atoms with Crippen LogP contribution in [0, 0.1) is 11.3 Å². The zero-order chi connectivity index (χ0) is 30.3. The molecule has 0 saturated heterocycles. The average molecular weight is 596 g/mol. The Morgan fingerprint density at radius 2 is 1.74 bits per heavy atom. The van der Waals surface area contributed by atoms with Gasteiger partial charge in [-0.3, -0.25) is 9.36 Å². The number of para-hydroxylation sites is 1. The van der Waals surface area contributed by atoms with E-state index < -0.39 is 12.0 Å². The quantitative estimate of drug-likeness (QED) is 0.252. The highest BCUT2D eigenvalue weighted by molar-refractivity contribution is 7.07. The first kappa shape index (κ1) is 29.4. The molecule has 1 aliphatic heterocycles. The summed E-state index contributed by atoms with van der Waals surface area (Å²) in [6.07, 6.45) is 3.20. The molecule has 0 radical (unpaired) electrons. The molecule has 43 heavy (non-hydrogen) atoms. The van der Waals surface area contributed by atoms with Crippen LogP contribution in [0.25, 0.3) is 6.08 Å². The maximum atomic E-state index is 14.0. The van der Waals surface area contributed by atoms with Crippen LogP contribution in [0.5, 0.6) is 17.2 Å². The van der Waals surface area contributed by atoms with Gasteiger partial charge in [0.25, 0.3) is 5.56 Å². The second kappa shape index (κ2) is 13.2. The SMILES string of the molecule is CCOc1ccc([C@H]2C(C(=O)OC)=CN=c3s/c(=C/c4ccccc4OCc4ccccc4C#N)c(=O)n32)cc1OCC. The minimum Gasteiger partial charge on any atom is -0.490 e. The van der Waals surface area contributed by atoms with Gasteiger partial charge in [0.15, 0.2) is 16.3 Å². The molecule has 3 aromatic carbocycles. The van der Waals surface area contributed by atoms with Gasteiger partial charge in [-0.15, -0.1) is 0 Å². The third-order valence-electron chi connectivity index (χ3n) is 6.73. The molecule has 218 valence electrons. The molecule has 0 bridgehead atoms. The molecule has 1 atom stereocenters. The number of benzene rings is 3. The van der Waals surface area contributed by atoms with Crippen molar-refractivity contribution < 1.29 is 23.7 Å². The second-order valence-corrected chi connectivity index (χ2v) is 10.4. The molecule has 0 N–H and O–H groups in total. The van der Waals surface area contributed by atoms with E-state index in [-0.39, 0.29) is 17.7 Å². The lowest BCUT2D eigenvalue weighted by Crippen LogP contribution is -2.39. The molecule has 1 aliphatic rings. The number of rotatable bonds is 10. The minimum absolute atomic E-state index is 0.193. The number of ether oxygens (including phenoxy) is 4. The monoisotopic (exact) mass is 595 g/mol. The highest BCUT2D eigenvalue weighted by atomic mass is 32.1. The van der Waals surface area contributed by atoms with E-state index in [0.29, 0.717) is 56.5 Å². The van der Waals surface area contributed by atoms with E-state index in [1.54, 1.807) is 36.4 Å². The Morgan fingerprint density at radius 1 is 1.00 bits per heavy atom. The van der Waals surface area contributed by atoms with Gasteiger partial charge in [0.05, 0.1) is 48.1 Å². The van der Waals surface area contributed by atoms with Crippen molar-refractivity contribution in [3.63, 3.8) is 0 Å². The normalized spacial score (nSPS) is 14.1. The molecule has 0 fully saturated rings. The molecular formula is C33H29N3O6S. The van der Waals surface area contributed by atoms with Crippen molar-refractivity contribution in [3.8, 4) is 23.3 Å². The van der Waals surface area contributed by atoms with E-state index >= 15 is 0 Å². The lowest BCUT2D eigenvalue weighted by Gasteiger charge is -2.23. The fourth-order valence-corrected chi connectivity index (χ4v) is 5.73. The number of methoxy groups -OCH3 is 1. The van der Waals surface area contributed by atoms with Crippen molar-refractivity contribution in [3.05, 3.63) is 120 Å². The van der Waals surface area contributed by atoms with E-state index in [9.17, 15) is 14.9 Å². The zero-order valence-corrected chi connectivity index (χ0v) is 24.7. The van der Waals surface area contributed by atoms with Crippen molar-refractivity contribution >= 4 is 23.4 Å². The predicted octanol–water partition coefficient (Wildman–Crippen LogP) is 4.27. The Bertz CT molecular complexity index is 1920. The van der Waals surface area contributed by atoms with Gasteiger partial charge in [0, 0.05) is 17.3 Å². The van der Waals surface area contributed by atoms with Gasteiger partial charge in [-0.1, -0.05) is 53.8 Å². The molecule has 4 aromatic rings. The largest absolute Gasteiger partial charge is 0.490 e. The summed E-state index contributed by atoms with van der Waals surface area (Å²) < 4.78 is 24.6. The van der Waals surface area contributed by atoms with Crippen LogP contribution in [-0.4, -0.2) is 30.9 Å². The number of esters is 1. The van der Waals surface area contributed by atoms with E-state index in [2.05, 4.69) is 11.1 Å². The fraction of sp³-hybridized carbons (Fsp3) is 0.212. The van der Waals surface area contributed by atoms with Crippen molar-refractivity contribution in [2.75, 3.05) is 20.3 Å². The average Bonchev–Trinajstić information content (AvgIpc) is 3.35. The van der Waals surface area contributed by atoms with Crippen LogP contribution in [0.2, 0.25) is 0 Å². The lowest BCUT2D eigenvalue weighted by molar-refractivity contribution is -0.136. The first-order valence-corrected chi connectivity index (χ1v) is 14.5. The maximum Gasteiger partial charge on any atom is 0.337 e. The van der Waals surface area contributed by atoms with Gasteiger partial charge in [-0.05, 0) is 49.8 Å². The van der Waals surface area contributed by atoms with Crippen molar-refractivity contribution in [2.45, 2.75) is 26.5 Å². The highest BCUT2D eigenvalue weighted by Gasteiger charge is 2.31. The van der Waals surface area contributed by atoms with E-state index in [0.717, 1.165) is 5.56 Å². The number of carbonyl (C=O) groups excluding carboxylic acids is 1. The molecule has 1 aromatic heterocycles. The van der Waals surface area contributed by atoms with Gasteiger partial charge in [0.1, 0.15) is 12.4 Å². The second-order valence-electron chi connectivity index (χ2n) is 9.34. The van der Waals surface area contributed by atoms with Crippen LogP contribution < -0.4 is 29.1 Å². The fourth-order valence-electron chi connectivity index (χ4n) is 4.77. The number of nitriles is 1. The summed E-state index contributed by atoms with van der Waals surface area (Å²) >= 11 is 1.21. The van der Waals surface area contributed by atoms with Crippen molar-refractivity contribution in [2.24, 2.45) is 4.99 Å². The van der Waals surface area contributed by atoms with Crippen LogP contribution in [-0.2, 0) is 16.1 Å². The Balaban J connectivity index is 1.58. The first-order valence-electron chi connectivity index (χ1n) is 13.7. The van der Waals surface area contributed by atoms with Gasteiger partial charge in [-0.2, -0.15) is 5.26 Å². The number of fused-ring (bicyclic) bond motifs is 1. The van der Waals surface area contributed by atoms with Crippen LogP contribution >= 0.6 is 11.3 Å². The zero-order valence-electron chi connectivity index (χ0n) is 23.9. The molecule has 2 heterocycles. The number of carbonyl (C=O) groups is 1. The summed E-state index contributed by atoms with van der Waals surface area (Å²) in [4.78, 5) is 31.7. The number of thiazole rings is 1. The van der Waals surface area contributed by atoms with E-state index in [1.165, 1.54) is 29.2 Å². The minimum atomic E-state index is -0.797. The number of hydrogen-bond donors (Lipinski definition) is 0. The van der Waals surface area contributed by atoms with Crippen molar-refractivity contribution in [1.29, 1.82) is 5.26 Å². The van der Waals surface area contributed by atoms with Gasteiger partial charge in [-0.25, -0.2) is 9.79 Å². The molecule has 0 saturated carbocycles. The summed E-state index contributed by atoms with van der Waals surface area (Å²) in [5, 5.41) is 9.43. The summed E-state index contributed by atoms with van der Waals surface area (Å²) in [5.74, 6) is 1.04. The molecule has 10 heteroatoms. The maximum absolute atomic E-state index is 14.0. The van der Waals surface area contributed by atoms with Crippen LogP contribution in [0.4, 0.5) is 0 Å². The van der Waals surface area contributed by atoms with Crippen LogP contribution in [0.1, 0.15) is 42.1 Å². The topological polar surface area (TPSA) is 112 Å². The Hall–Kier alpha value is -5.14. The van der Waals surface area contributed by atoms with Gasteiger partial charge < -0.3 is 18.9 Å². The molecular weight excluding hydrogens is 566 g/mol. The number of aromatic nitrogens is 1. The molecule has 0 unspecified atom stereocenters. The Kier molecular flexibility index (Phi) is 9.03. The summed E-state index contributed by atoms with van der Waals surface area (Å²) in [6.45, 7) is 4.81. The Morgan fingerprint density at radius 3 is 2.51 bits per heavy atom. The van der Waals surface area contributed by atoms with E-state index in [4.69, 9.17) is 18.9 Å². The molecule has 0 amide bonds. The number of hydrogen-bond acceptors (Lipinski definition) is 9. The third-order valence-corrected chi connectivity index (χ3v) is 7.73. The highest BCUT2D eigenvalue weighted by Crippen LogP contribution is 2.35. The molecule has 0 spiro atoms. The third kappa shape index (κ3) is 6.08. The Labute approximate surface area is 252 Å².